The second kappa shape index (κ2) is 8.34. The van der Waals surface area contributed by atoms with Crippen molar-refractivity contribution in [2.45, 2.75) is 58.0 Å². The molecule has 0 heterocycles. The van der Waals surface area contributed by atoms with E-state index in [0.717, 1.165) is 25.7 Å². The SMILES string of the molecule is COC(=O)C(=O)Nc1ccc(C2CCC(C(=O)OC(C)(C)C)CC2)cc1. The molecule has 1 aromatic carbocycles. The average molecular weight is 361 g/mol. The van der Waals surface area contributed by atoms with Crippen molar-refractivity contribution in [1.82, 2.24) is 0 Å². The molecule has 1 aliphatic rings. The van der Waals surface area contributed by atoms with E-state index >= 15 is 0 Å². The molecule has 0 saturated heterocycles. The molecule has 6 heteroatoms. The second-order valence-corrected chi connectivity index (χ2v) is 7.65. The molecule has 1 fully saturated rings. The van der Waals surface area contributed by atoms with Gasteiger partial charge in [0.25, 0.3) is 0 Å². The van der Waals surface area contributed by atoms with Crippen LogP contribution >= 0.6 is 0 Å². The van der Waals surface area contributed by atoms with Crippen molar-refractivity contribution in [2.75, 3.05) is 12.4 Å². The molecule has 0 radical (unpaired) electrons. The molecule has 1 saturated carbocycles. The highest BCUT2D eigenvalue weighted by Crippen LogP contribution is 2.37. The Morgan fingerprint density at radius 1 is 1.00 bits per heavy atom. The molecule has 1 N–H and O–H groups in total. The first-order valence-electron chi connectivity index (χ1n) is 8.91. The first kappa shape index (κ1) is 19.9. The third-order valence-corrected chi connectivity index (χ3v) is 4.48. The van der Waals surface area contributed by atoms with Crippen LogP contribution in [0.15, 0.2) is 24.3 Å². The molecule has 1 aliphatic carbocycles. The molecular weight excluding hydrogens is 334 g/mol. The van der Waals surface area contributed by atoms with Crippen LogP contribution < -0.4 is 5.32 Å². The number of amides is 1. The summed E-state index contributed by atoms with van der Waals surface area (Å²) in [6.07, 6.45) is 3.50. The fourth-order valence-electron chi connectivity index (χ4n) is 3.16. The summed E-state index contributed by atoms with van der Waals surface area (Å²) in [5.74, 6) is -1.45. The lowest BCUT2D eigenvalue weighted by atomic mass is 9.78. The highest BCUT2D eigenvalue weighted by atomic mass is 16.6. The number of methoxy groups -OCH3 is 1. The normalized spacial score (nSPS) is 20.2. The number of hydrogen-bond acceptors (Lipinski definition) is 5. The monoisotopic (exact) mass is 361 g/mol. The highest BCUT2D eigenvalue weighted by molar-refractivity contribution is 6.37. The van der Waals surface area contributed by atoms with Crippen LogP contribution in [0.25, 0.3) is 0 Å². The van der Waals surface area contributed by atoms with Gasteiger partial charge in [0.15, 0.2) is 0 Å². The Bertz CT molecular complexity index is 652. The second-order valence-electron chi connectivity index (χ2n) is 7.65. The van der Waals surface area contributed by atoms with Gasteiger partial charge in [-0.2, -0.15) is 0 Å². The molecule has 0 aromatic heterocycles. The van der Waals surface area contributed by atoms with E-state index in [1.807, 2.05) is 32.9 Å². The van der Waals surface area contributed by atoms with Crippen LogP contribution in [0.5, 0.6) is 0 Å². The summed E-state index contributed by atoms with van der Waals surface area (Å²) in [5.41, 5.74) is 1.27. The topological polar surface area (TPSA) is 81.7 Å². The third-order valence-electron chi connectivity index (χ3n) is 4.48. The molecule has 0 aliphatic heterocycles. The van der Waals surface area contributed by atoms with E-state index in [-0.39, 0.29) is 11.9 Å². The van der Waals surface area contributed by atoms with Gasteiger partial charge < -0.3 is 14.8 Å². The summed E-state index contributed by atoms with van der Waals surface area (Å²) in [6, 6.07) is 7.45. The molecule has 26 heavy (non-hydrogen) atoms. The van der Waals surface area contributed by atoms with Crippen molar-refractivity contribution in [3.05, 3.63) is 29.8 Å². The van der Waals surface area contributed by atoms with Crippen LogP contribution in [-0.4, -0.2) is 30.6 Å². The van der Waals surface area contributed by atoms with Crippen molar-refractivity contribution in [3.8, 4) is 0 Å². The summed E-state index contributed by atoms with van der Waals surface area (Å²) < 4.78 is 9.86. The lowest BCUT2D eigenvalue weighted by molar-refractivity contribution is -0.161. The quantitative estimate of drug-likeness (QED) is 0.659. The molecule has 6 nitrogen and oxygen atoms in total. The van der Waals surface area contributed by atoms with Crippen molar-refractivity contribution < 1.29 is 23.9 Å². The molecule has 1 aromatic rings. The molecule has 0 unspecified atom stereocenters. The van der Waals surface area contributed by atoms with Gasteiger partial charge >= 0.3 is 17.8 Å². The summed E-state index contributed by atoms with van der Waals surface area (Å²) >= 11 is 0. The Kier molecular flexibility index (Phi) is 6.40. The Balaban J connectivity index is 1.88. The van der Waals surface area contributed by atoms with Crippen LogP contribution in [0.4, 0.5) is 5.69 Å². The Hall–Kier alpha value is -2.37. The van der Waals surface area contributed by atoms with E-state index in [2.05, 4.69) is 10.1 Å². The lowest BCUT2D eigenvalue weighted by Gasteiger charge is -2.30. The summed E-state index contributed by atoms with van der Waals surface area (Å²) in [6.45, 7) is 5.66. The maximum atomic E-state index is 12.2. The number of benzene rings is 1. The fourth-order valence-corrected chi connectivity index (χ4v) is 3.16. The molecule has 0 atom stereocenters. The minimum atomic E-state index is -0.922. The number of hydrogen-bond donors (Lipinski definition) is 1. The van der Waals surface area contributed by atoms with E-state index in [1.165, 1.54) is 12.7 Å². The van der Waals surface area contributed by atoms with Crippen LogP contribution in [0.1, 0.15) is 57.9 Å². The van der Waals surface area contributed by atoms with Gasteiger partial charge in [0.2, 0.25) is 0 Å². The van der Waals surface area contributed by atoms with Gasteiger partial charge in [-0.1, -0.05) is 12.1 Å². The van der Waals surface area contributed by atoms with Crippen LogP contribution in [0.2, 0.25) is 0 Å². The minimum Gasteiger partial charge on any atom is -0.462 e. The molecule has 1 amide bonds. The van der Waals surface area contributed by atoms with E-state index in [4.69, 9.17) is 4.74 Å². The first-order chi connectivity index (χ1) is 12.2. The lowest BCUT2D eigenvalue weighted by Crippen LogP contribution is -2.30. The summed E-state index contributed by atoms with van der Waals surface area (Å²) in [7, 11) is 1.17. The van der Waals surface area contributed by atoms with Gasteiger partial charge in [-0.3, -0.25) is 9.59 Å². The maximum Gasteiger partial charge on any atom is 0.396 e. The number of ether oxygens (including phenoxy) is 2. The smallest absolute Gasteiger partial charge is 0.396 e. The number of rotatable bonds is 3. The predicted octanol–water partition coefficient (Wildman–Crippen LogP) is 3.41. The summed E-state index contributed by atoms with van der Waals surface area (Å²) in [5, 5.41) is 2.49. The minimum absolute atomic E-state index is 0.0240. The number of carbonyl (C=O) groups is 3. The Morgan fingerprint density at radius 2 is 1.58 bits per heavy atom. The van der Waals surface area contributed by atoms with Crippen LogP contribution in [0, 0.1) is 5.92 Å². The summed E-state index contributed by atoms with van der Waals surface area (Å²) in [4.78, 5) is 34.8. The highest BCUT2D eigenvalue weighted by Gasteiger charge is 2.30. The third kappa shape index (κ3) is 5.58. The van der Waals surface area contributed by atoms with E-state index in [1.54, 1.807) is 12.1 Å². The van der Waals surface area contributed by atoms with Crippen LogP contribution in [0.3, 0.4) is 0 Å². The number of nitrogens with one attached hydrogen (secondary N) is 1. The standard InChI is InChI=1S/C20H27NO5/c1-20(2,3)26-18(23)15-7-5-13(6-8-15)14-9-11-16(12-10-14)21-17(22)19(24)25-4/h9-13,15H,5-8H2,1-4H3,(H,21,22). The number of carbonyl (C=O) groups excluding carboxylic acids is 3. The molecule has 2 rings (SSSR count). The van der Waals surface area contributed by atoms with Gasteiger partial charge in [0.1, 0.15) is 5.60 Å². The molecule has 0 spiro atoms. The largest absolute Gasteiger partial charge is 0.462 e. The van der Waals surface area contributed by atoms with Gasteiger partial charge in [-0.05, 0) is 70.1 Å². The van der Waals surface area contributed by atoms with Crippen molar-refractivity contribution in [3.63, 3.8) is 0 Å². The van der Waals surface area contributed by atoms with E-state index in [9.17, 15) is 14.4 Å². The first-order valence-corrected chi connectivity index (χ1v) is 8.91. The molecule has 0 bridgehead atoms. The Labute approximate surface area is 154 Å². The van der Waals surface area contributed by atoms with Crippen molar-refractivity contribution in [2.24, 2.45) is 5.92 Å². The zero-order chi connectivity index (χ0) is 19.3. The zero-order valence-corrected chi connectivity index (χ0v) is 15.8. The predicted molar refractivity (Wildman–Crippen MR) is 97.6 cm³/mol. The fraction of sp³-hybridized carbons (Fsp3) is 0.550. The van der Waals surface area contributed by atoms with Crippen molar-refractivity contribution >= 4 is 23.5 Å². The number of esters is 2. The van der Waals surface area contributed by atoms with Gasteiger partial charge in [-0.15, -0.1) is 0 Å². The molecular formula is C20H27NO5. The van der Waals surface area contributed by atoms with Crippen LogP contribution in [-0.2, 0) is 23.9 Å². The van der Waals surface area contributed by atoms with Gasteiger partial charge in [-0.25, -0.2) is 4.79 Å². The van der Waals surface area contributed by atoms with E-state index in [0.29, 0.717) is 11.6 Å². The maximum absolute atomic E-state index is 12.2. The van der Waals surface area contributed by atoms with Gasteiger partial charge in [0, 0.05) is 5.69 Å². The number of anilines is 1. The van der Waals surface area contributed by atoms with Crippen molar-refractivity contribution in [1.29, 1.82) is 0 Å². The van der Waals surface area contributed by atoms with E-state index < -0.39 is 17.5 Å². The van der Waals surface area contributed by atoms with Gasteiger partial charge in [0.05, 0.1) is 13.0 Å². The average Bonchev–Trinajstić information content (AvgIpc) is 2.60. The Morgan fingerprint density at radius 3 is 2.08 bits per heavy atom. The molecule has 142 valence electrons. The zero-order valence-electron chi connectivity index (χ0n) is 15.8.